The summed E-state index contributed by atoms with van der Waals surface area (Å²) in [4.78, 5) is 14.2. The van der Waals surface area contributed by atoms with Crippen molar-refractivity contribution in [2.45, 2.75) is 19.8 Å². The highest BCUT2D eigenvalue weighted by molar-refractivity contribution is 6.18. The first-order valence-electron chi connectivity index (χ1n) is 6.12. The minimum atomic E-state index is 0.142. The number of hydrogen-bond donors (Lipinski definition) is 0. The highest BCUT2D eigenvalue weighted by Crippen LogP contribution is 2.19. The van der Waals surface area contributed by atoms with E-state index in [0.29, 0.717) is 11.8 Å². The maximum absolute atomic E-state index is 12.3. The molecule has 1 unspecified atom stereocenters. The molecule has 0 N–H and O–H groups in total. The lowest BCUT2D eigenvalue weighted by Crippen LogP contribution is -2.40. The number of carbonyl (C=O) groups is 1. The summed E-state index contributed by atoms with van der Waals surface area (Å²) in [5, 5.41) is 0. The highest BCUT2D eigenvalue weighted by Gasteiger charge is 2.23. The largest absolute Gasteiger partial charge is 0.338 e. The topological polar surface area (TPSA) is 20.3 Å². The van der Waals surface area contributed by atoms with Crippen LogP contribution in [0.25, 0.3) is 0 Å². The average Bonchev–Trinajstić information content (AvgIpc) is 2.38. The fraction of sp³-hybridized carbons (Fsp3) is 0.500. The van der Waals surface area contributed by atoms with E-state index in [2.05, 4.69) is 0 Å². The molecule has 1 atom stereocenters. The lowest BCUT2D eigenvalue weighted by atomic mass is 9.99. The van der Waals surface area contributed by atoms with Crippen molar-refractivity contribution in [2.24, 2.45) is 5.92 Å². The number of carbonyl (C=O) groups excluding carboxylic acids is 1. The summed E-state index contributed by atoms with van der Waals surface area (Å²) in [6.07, 6.45) is 2.20. The Balaban J connectivity index is 2.09. The summed E-state index contributed by atoms with van der Waals surface area (Å²) in [6, 6.07) is 7.78. The standard InChI is InChI=1S/C14H18ClNO/c1-11-4-2-6-13(8-11)14(17)16-7-3-5-12(9-15)10-16/h2,4,6,8,12H,3,5,7,9-10H2,1H3. The molecule has 1 aromatic rings. The van der Waals surface area contributed by atoms with Gasteiger partial charge in [0, 0.05) is 24.5 Å². The van der Waals surface area contributed by atoms with Crippen molar-refractivity contribution in [1.82, 2.24) is 4.90 Å². The summed E-state index contributed by atoms with van der Waals surface area (Å²) in [5.41, 5.74) is 1.92. The van der Waals surface area contributed by atoms with E-state index in [0.717, 1.165) is 37.1 Å². The van der Waals surface area contributed by atoms with Crippen LogP contribution in [0.1, 0.15) is 28.8 Å². The minimum absolute atomic E-state index is 0.142. The van der Waals surface area contributed by atoms with Crippen molar-refractivity contribution < 1.29 is 4.79 Å². The third-order valence-electron chi connectivity index (χ3n) is 3.29. The van der Waals surface area contributed by atoms with Crippen LogP contribution in [0.4, 0.5) is 0 Å². The molecule has 17 heavy (non-hydrogen) atoms. The lowest BCUT2D eigenvalue weighted by Gasteiger charge is -2.32. The van der Waals surface area contributed by atoms with Gasteiger partial charge in [0.15, 0.2) is 0 Å². The van der Waals surface area contributed by atoms with Crippen LogP contribution in [0, 0.1) is 12.8 Å². The maximum atomic E-state index is 12.3. The number of nitrogens with zero attached hydrogens (tertiary/aromatic N) is 1. The summed E-state index contributed by atoms with van der Waals surface area (Å²) in [6.45, 7) is 3.67. The van der Waals surface area contributed by atoms with Gasteiger partial charge < -0.3 is 4.90 Å². The van der Waals surface area contributed by atoms with E-state index in [-0.39, 0.29) is 5.91 Å². The number of amides is 1. The quantitative estimate of drug-likeness (QED) is 0.740. The molecule has 1 aliphatic heterocycles. The molecular formula is C14H18ClNO. The Hall–Kier alpha value is -1.02. The molecule has 0 spiro atoms. The van der Waals surface area contributed by atoms with Gasteiger partial charge in [-0.1, -0.05) is 17.7 Å². The molecule has 1 heterocycles. The molecule has 2 rings (SSSR count). The maximum Gasteiger partial charge on any atom is 0.253 e. The van der Waals surface area contributed by atoms with Gasteiger partial charge in [-0.05, 0) is 37.8 Å². The van der Waals surface area contributed by atoms with Crippen LogP contribution in [-0.2, 0) is 0 Å². The normalized spacial score (nSPS) is 20.4. The zero-order valence-corrected chi connectivity index (χ0v) is 10.9. The summed E-state index contributed by atoms with van der Waals surface area (Å²) < 4.78 is 0. The predicted molar refractivity (Wildman–Crippen MR) is 70.5 cm³/mol. The van der Waals surface area contributed by atoms with Gasteiger partial charge in [-0.2, -0.15) is 0 Å². The number of alkyl halides is 1. The lowest BCUT2D eigenvalue weighted by molar-refractivity contribution is 0.0685. The molecule has 1 amide bonds. The average molecular weight is 252 g/mol. The smallest absolute Gasteiger partial charge is 0.253 e. The predicted octanol–water partition coefficient (Wildman–Crippen LogP) is 3.09. The van der Waals surface area contributed by atoms with Gasteiger partial charge in [-0.15, -0.1) is 11.6 Å². The van der Waals surface area contributed by atoms with Crippen LogP contribution >= 0.6 is 11.6 Å². The van der Waals surface area contributed by atoms with E-state index in [4.69, 9.17) is 11.6 Å². The zero-order valence-electron chi connectivity index (χ0n) is 10.2. The molecule has 1 aliphatic rings. The molecule has 1 aromatic carbocycles. The van der Waals surface area contributed by atoms with Crippen LogP contribution < -0.4 is 0 Å². The second kappa shape index (κ2) is 5.54. The summed E-state index contributed by atoms with van der Waals surface area (Å²) in [5.74, 6) is 1.25. The molecule has 0 aromatic heterocycles. The third kappa shape index (κ3) is 3.01. The first kappa shape index (κ1) is 12.4. The number of halogens is 1. The van der Waals surface area contributed by atoms with E-state index in [9.17, 15) is 4.79 Å². The van der Waals surface area contributed by atoms with Crippen molar-refractivity contribution in [2.75, 3.05) is 19.0 Å². The SMILES string of the molecule is Cc1cccc(C(=O)N2CCCC(CCl)C2)c1. The van der Waals surface area contributed by atoms with Crippen molar-refractivity contribution in [1.29, 1.82) is 0 Å². The Kier molecular flexibility index (Phi) is 4.06. The van der Waals surface area contributed by atoms with Crippen LogP contribution in [0.3, 0.4) is 0 Å². The summed E-state index contributed by atoms with van der Waals surface area (Å²) >= 11 is 5.88. The van der Waals surface area contributed by atoms with E-state index >= 15 is 0 Å². The van der Waals surface area contributed by atoms with E-state index in [1.165, 1.54) is 0 Å². The Bertz CT molecular complexity index is 405. The van der Waals surface area contributed by atoms with E-state index in [1.807, 2.05) is 36.1 Å². The first-order chi connectivity index (χ1) is 8.20. The Morgan fingerprint density at radius 3 is 3.06 bits per heavy atom. The number of rotatable bonds is 2. The van der Waals surface area contributed by atoms with Gasteiger partial charge in [-0.3, -0.25) is 4.79 Å². The Labute approximate surface area is 108 Å². The summed E-state index contributed by atoms with van der Waals surface area (Å²) in [7, 11) is 0. The number of hydrogen-bond acceptors (Lipinski definition) is 1. The fourth-order valence-electron chi connectivity index (χ4n) is 2.34. The minimum Gasteiger partial charge on any atom is -0.338 e. The number of benzene rings is 1. The highest BCUT2D eigenvalue weighted by atomic mass is 35.5. The number of likely N-dealkylation sites (tertiary alicyclic amines) is 1. The van der Waals surface area contributed by atoms with Crippen LogP contribution in [0.5, 0.6) is 0 Å². The fourth-order valence-corrected chi connectivity index (χ4v) is 2.59. The van der Waals surface area contributed by atoms with Crippen LogP contribution in [0.2, 0.25) is 0 Å². The molecule has 0 saturated carbocycles. The zero-order chi connectivity index (χ0) is 12.3. The van der Waals surface area contributed by atoms with E-state index in [1.54, 1.807) is 0 Å². The van der Waals surface area contributed by atoms with Gasteiger partial charge in [0.2, 0.25) is 0 Å². The van der Waals surface area contributed by atoms with Crippen molar-refractivity contribution >= 4 is 17.5 Å². The first-order valence-corrected chi connectivity index (χ1v) is 6.66. The van der Waals surface area contributed by atoms with Gasteiger partial charge in [0.25, 0.3) is 5.91 Å². The molecule has 0 bridgehead atoms. The molecule has 0 aliphatic carbocycles. The third-order valence-corrected chi connectivity index (χ3v) is 3.73. The van der Waals surface area contributed by atoms with E-state index < -0.39 is 0 Å². The molecule has 1 saturated heterocycles. The van der Waals surface area contributed by atoms with Crippen LogP contribution in [0.15, 0.2) is 24.3 Å². The number of piperidine rings is 1. The van der Waals surface area contributed by atoms with Gasteiger partial charge in [0.05, 0.1) is 0 Å². The molecule has 1 fully saturated rings. The van der Waals surface area contributed by atoms with Crippen LogP contribution in [-0.4, -0.2) is 29.8 Å². The van der Waals surface area contributed by atoms with Crippen molar-refractivity contribution in [3.05, 3.63) is 35.4 Å². The van der Waals surface area contributed by atoms with Gasteiger partial charge >= 0.3 is 0 Å². The Morgan fingerprint density at radius 1 is 1.53 bits per heavy atom. The second-order valence-electron chi connectivity index (χ2n) is 4.78. The van der Waals surface area contributed by atoms with Crippen molar-refractivity contribution in [3.63, 3.8) is 0 Å². The monoisotopic (exact) mass is 251 g/mol. The van der Waals surface area contributed by atoms with Gasteiger partial charge in [-0.25, -0.2) is 0 Å². The molecular weight excluding hydrogens is 234 g/mol. The van der Waals surface area contributed by atoms with Gasteiger partial charge in [0.1, 0.15) is 0 Å². The molecule has 0 radical (unpaired) electrons. The molecule has 2 nitrogen and oxygen atoms in total. The second-order valence-corrected chi connectivity index (χ2v) is 5.09. The molecule has 3 heteroatoms. The molecule has 92 valence electrons. The van der Waals surface area contributed by atoms with Crippen molar-refractivity contribution in [3.8, 4) is 0 Å². The number of aryl methyl sites for hydroxylation is 1. The Morgan fingerprint density at radius 2 is 2.35 bits per heavy atom.